The van der Waals surface area contributed by atoms with Crippen LogP contribution in [0.4, 0.5) is 0 Å². The summed E-state index contributed by atoms with van der Waals surface area (Å²) in [6.07, 6.45) is 5.72. The zero-order chi connectivity index (χ0) is 25.0. The van der Waals surface area contributed by atoms with E-state index in [4.69, 9.17) is 0 Å². The highest BCUT2D eigenvalue weighted by atomic mass is 16.3. The number of para-hydroxylation sites is 1. The van der Waals surface area contributed by atoms with Crippen molar-refractivity contribution in [1.29, 1.82) is 0 Å². The third-order valence-corrected chi connectivity index (χ3v) is 9.40. The largest absolute Gasteiger partial charge is 0.382 e. The summed E-state index contributed by atoms with van der Waals surface area (Å²) in [7, 11) is 0. The summed E-state index contributed by atoms with van der Waals surface area (Å²) in [6, 6.07) is 30.3. The van der Waals surface area contributed by atoms with Crippen molar-refractivity contribution in [2.24, 2.45) is 11.8 Å². The third-order valence-electron chi connectivity index (χ3n) is 9.40. The molecule has 3 nitrogen and oxygen atoms in total. The number of aliphatic hydroxyl groups excluding tert-OH is 1. The molecule has 0 saturated carbocycles. The maximum Gasteiger partial charge on any atom is 0.131 e. The van der Waals surface area contributed by atoms with E-state index in [1.165, 1.54) is 33.5 Å². The summed E-state index contributed by atoms with van der Waals surface area (Å²) >= 11 is 0. The number of fused-ring (bicyclic) bond motifs is 6. The highest BCUT2D eigenvalue weighted by Gasteiger charge is 2.54. The standard InChI is InChI=1S/C34H33N2O/c1-2-23-21-36(22-31-27-11-5-3-9-25(27)19-26-10-4-6-12-28(26)31)18-16-24(23)20-33(36)34(37)30-15-17-35-32-14-8-7-13-29(30)32/h2-15,17,19,23-24,33-34,37H,1,16,18,20-22H2/q+1/t23-,24-,33-,34?,36-/m0/s1. The fraction of sp³-hybridized carbons (Fsp3) is 0.265. The van der Waals surface area contributed by atoms with Crippen LogP contribution in [-0.2, 0) is 6.54 Å². The number of hydrogen-bond acceptors (Lipinski definition) is 2. The van der Waals surface area contributed by atoms with Gasteiger partial charge < -0.3 is 9.59 Å². The number of aliphatic hydroxyl groups is 1. The van der Waals surface area contributed by atoms with E-state index in [1.54, 1.807) is 0 Å². The fourth-order valence-corrected chi connectivity index (χ4v) is 7.56. The van der Waals surface area contributed by atoms with Gasteiger partial charge in [-0.05, 0) is 51.2 Å². The van der Waals surface area contributed by atoms with Gasteiger partial charge in [0.1, 0.15) is 18.7 Å². The molecule has 37 heavy (non-hydrogen) atoms. The van der Waals surface area contributed by atoms with Crippen LogP contribution in [0, 0.1) is 11.8 Å². The zero-order valence-corrected chi connectivity index (χ0v) is 21.1. The second-order valence-electron chi connectivity index (χ2n) is 11.2. The van der Waals surface area contributed by atoms with Gasteiger partial charge in [-0.3, -0.25) is 4.98 Å². The Morgan fingerprint density at radius 3 is 2.32 bits per heavy atom. The molecule has 1 unspecified atom stereocenters. The van der Waals surface area contributed by atoms with E-state index < -0.39 is 6.10 Å². The molecule has 184 valence electrons. The van der Waals surface area contributed by atoms with E-state index in [-0.39, 0.29) is 6.04 Å². The van der Waals surface area contributed by atoms with Crippen molar-refractivity contribution in [1.82, 2.24) is 4.98 Å². The smallest absolute Gasteiger partial charge is 0.131 e. The molecule has 0 radical (unpaired) electrons. The molecule has 3 heteroatoms. The van der Waals surface area contributed by atoms with Crippen molar-refractivity contribution in [3.05, 3.63) is 115 Å². The minimum absolute atomic E-state index is 0.137. The number of rotatable bonds is 5. The van der Waals surface area contributed by atoms with E-state index in [9.17, 15) is 5.11 Å². The summed E-state index contributed by atoms with van der Waals surface area (Å²) in [6.45, 7) is 7.28. The normalized spacial score (nSPS) is 26.0. The first-order valence-corrected chi connectivity index (χ1v) is 13.6. The van der Waals surface area contributed by atoms with Gasteiger partial charge in [-0.25, -0.2) is 0 Å². The average Bonchev–Trinajstić information content (AvgIpc) is 2.96. The van der Waals surface area contributed by atoms with Crippen LogP contribution in [0.25, 0.3) is 32.4 Å². The molecule has 0 amide bonds. The Balaban J connectivity index is 1.39. The van der Waals surface area contributed by atoms with E-state index in [1.807, 2.05) is 30.5 Å². The van der Waals surface area contributed by atoms with Gasteiger partial charge in [-0.2, -0.15) is 0 Å². The van der Waals surface area contributed by atoms with Crippen LogP contribution < -0.4 is 0 Å². The lowest BCUT2D eigenvalue weighted by Gasteiger charge is -2.58. The number of piperidine rings is 3. The minimum atomic E-state index is -0.539. The number of quaternary nitrogens is 1. The van der Waals surface area contributed by atoms with E-state index >= 15 is 0 Å². The van der Waals surface area contributed by atoms with Crippen LogP contribution in [0.15, 0.2) is 104 Å². The van der Waals surface area contributed by atoms with E-state index in [0.29, 0.717) is 11.8 Å². The minimum Gasteiger partial charge on any atom is -0.382 e. The van der Waals surface area contributed by atoms with Crippen molar-refractivity contribution in [2.75, 3.05) is 13.1 Å². The number of hydrogen-bond donors (Lipinski definition) is 1. The quantitative estimate of drug-likeness (QED) is 0.162. The van der Waals surface area contributed by atoms with Crippen LogP contribution >= 0.6 is 0 Å². The molecule has 3 fully saturated rings. The molecule has 0 aliphatic carbocycles. The Labute approximate surface area is 218 Å². The number of nitrogens with zero attached hydrogens (tertiary/aromatic N) is 2. The zero-order valence-electron chi connectivity index (χ0n) is 21.1. The first-order valence-electron chi connectivity index (χ1n) is 13.6. The van der Waals surface area contributed by atoms with Gasteiger partial charge >= 0.3 is 0 Å². The monoisotopic (exact) mass is 485 g/mol. The summed E-state index contributed by atoms with van der Waals surface area (Å²) < 4.78 is 0.906. The van der Waals surface area contributed by atoms with Crippen molar-refractivity contribution in [3.8, 4) is 0 Å². The summed E-state index contributed by atoms with van der Waals surface area (Å²) in [5.74, 6) is 1.09. The van der Waals surface area contributed by atoms with Crippen molar-refractivity contribution < 1.29 is 9.59 Å². The maximum atomic E-state index is 12.1. The number of benzene rings is 4. The predicted molar refractivity (Wildman–Crippen MR) is 152 cm³/mol. The molecule has 5 atom stereocenters. The topological polar surface area (TPSA) is 33.1 Å². The number of pyridine rings is 1. The molecule has 5 aromatic rings. The Morgan fingerprint density at radius 2 is 1.59 bits per heavy atom. The Morgan fingerprint density at radius 1 is 0.919 bits per heavy atom. The molecule has 3 aliphatic rings. The molecule has 1 aromatic heterocycles. The molecule has 0 spiro atoms. The third kappa shape index (κ3) is 3.60. The number of aromatic nitrogens is 1. The second-order valence-corrected chi connectivity index (χ2v) is 11.2. The Kier molecular flexibility index (Phi) is 5.38. The molecule has 8 rings (SSSR count). The second kappa shape index (κ2) is 8.79. The molecule has 1 N–H and O–H groups in total. The molecule has 4 aromatic carbocycles. The Hall–Kier alpha value is -3.53. The molecule has 3 saturated heterocycles. The van der Waals surface area contributed by atoms with Gasteiger partial charge in [-0.15, -0.1) is 6.58 Å². The SMILES string of the molecule is C=C[C@H]1C[N@+]2(Cc3c4ccccc4cc4ccccc34)CC[C@H]1C[C@H]2C(O)c1ccnc2ccccc12. The van der Waals surface area contributed by atoms with Gasteiger partial charge in [-0.1, -0.05) is 72.8 Å². The van der Waals surface area contributed by atoms with Crippen molar-refractivity contribution in [3.63, 3.8) is 0 Å². The predicted octanol–water partition coefficient (Wildman–Crippen LogP) is 7.19. The maximum absolute atomic E-state index is 12.1. The van der Waals surface area contributed by atoms with Gasteiger partial charge in [0.25, 0.3) is 0 Å². The van der Waals surface area contributed by atoms with Crippen LogP contribution in [0.1, 0.15) is 30.1 Å². The molecule has 2 bridgehead atoms. The van der Waals surface area contributed by atoms with E-state index in [0.717, 1.165) is 47.0 Å². The van der Waals surface area contributed by atoms with Crippen LogP contribution in [0.2, 0.25) is 0 Å². The van der Waals surface area contributed by atoms with Crippen molar-refractivity contribution >= 4 is 32.4 Å². The van der Waals surface area contributed by atoms with Crippen LogP contribution in [0.3, 0.4) is 0 Å². The highest BCUT2D eigenvalue weighted by molar-refractivity contribution is 6.02. The van der Waals surface area contributed by atoms with Crippen LogP contribution in [0.5, 0.6) is 0 Å². The van der Waals surface area contributed by atoms with Gasteiger partial charge in [0, 0.05) is 35.9 Å². The van der Waals surface area contributed by atoms with Crippen molar-refractivity contribution in [2.45, 2.75) is 31.5 Å². The molecule has 3 aliphatic heterocycles. The first kappa shape index (κ1) is 22.7. The highest BCUT2D eigenvalue weighted by Crippen LogP contribution is 2.49. The summed E-state index contributed by atoms with van der Waals surface area (Å²) in [5, 5.41) is 18.4. The molecular formula is C34H33N2O+. The lowest BCUT2D eigenvalue weighted by Crippen LogP contribution is -2.67. The Bertz CT molecular complexity index is 1580. The lowest BCUT2D eigenvalue weighted by atomic mass is 9.71. The first-order chi connectivity index (χ1) is 18.2. The summed E-state index contributed by atoms with van der Waals surface area (Å²) in [4.78, 5) is 4.57. The molecule has 4 heterocycles. The van der Waals surface area contributed by atoms with Gasteiger partial charge in [0.15, 0.2) is 0 Å². The fourth-order valence-electron chi connectivity index (χ4n) is 7.56. The average molecular weight is 486 g/mol. The van der Waals surface area contributed by atoms with E-state index in [2.05, 4.69) is 78.3 Å². The van der Waals surface area contributed by atoms with Crippen LogP contribution in [-0.4, -0.2) is 33.7 Å². The summed E-state index contributed by atoms with van der Waals surface area (Å²) in [5.41, 5.74) is 3.37. The van der Waals surface area contributed by atoms with Gasteiger partial charge in [0.2, 0.25) is 0 Å². The van der Waals surface area contributed by atoms with Gasteiger partial charge in [0.05, 0.1) is 18.6 Å². The molecular weight excluding hydrogens is 452 g/mol. The lowest BCUT2D eigenvalue weighted by molar-refractivity contribution is -0.984.